The third-order valence-corrected chi connectivity index (χ3v) is 4.72. The molecule has 1 spiro atoms. The second-order valence-corrected chi connectivity index (χ2v) is 5.87. The molecule has 0 radical (unpaired) electrons. The number of H-pyrrole nitrogens is 1. The Morgan fingerprint density at radius 2 is 2.28 bits per heavy atom. The maximum absolute atomic E-state index is 12.1. The van der Waals surface area contributed by atoms with E-state index in [-0.39, 0.29) is 11.8 Å². The first-order valence-corrected chi connectivity index (χ1v) is 6.98. The van der Waals surface area contributed by atoms with Crippen molar-refractivity contribution < 1.29 is 4.79 Å². The lowest BCUT2D eigenvalue weighted by molar-refractivity contribution is -0.123. The van der Waals surface area contributed by atoms with Gasteiger partial charge in [0.25, 0.3) is 0 Å². The van der Waals surface area contributed by atoms with Crippen LogP contribution >= 0.6 is 0 Å². The predicted octanol–water partition coefficient (Wildman–Crippen LogP) is 2.30. The van der Waals surface area contributed by atoms with Crippen LogP contribution in [0.2, 0.25) is 0 Å². The van der Waals surface area contributed by atoms with Gasteiger partial charge in [0.1, 0.15) is 0 Å². The lowest BCUT2D eigenvalue weighted by atomic mass is 9.84. The molecule has 0 aliphatic heterocycles. The molecule has 0 bridgehead atoms. The molecular weight excluding hydrogens is 226 g/mol. The fourth-order valence-electron chi connectivity index (χ4n) is 3.39. The minimum Gasteiger partial charge on any atom is -0.350 e. The number of carbonyl (C=O) groups is 1. The van der Waals surface area contributed by atoms with Crippen LogP contribution in [-0.2, 0) is 11.3 Å². The number of nitrogens with zero attached hydrogens (tertiary/aromatic N) is 1. The lowest BCUT2D eigenvalue weighted by Crippen LogP contribution is -2.28. The minimum absolute atomic E-state index is 0.235. The van der Waals surface area contributed by atoms with Gasteiger partial charge in [-0.1, -0.05) is 19.3 Å². The van der Waals surface area contributed by atoms with Crippen LogP contribution in [0, 0.1) is 18.3 Å². The minimum atomic E-state index is 0.235. The summed E-state index contributed by atoms with van der Waals surface area (Å²) in [4.78, 5) is 19.4. The zero-order valence-corrected chi connectivity index (χ0v) is 11.0. The van der Waals surface area contributed by atoms with E-state index in [9.17, 15) is 4.79 Å². The summed E-state index contributed by atoms with van der Waals surface area (Å²) in [6.45, 7) is 2.54. The number of nitrogens with one attached hydrogen (secondary N) is 2. The van der Waals surface area contributed by atoms with Gasteiger partial charge in [0.15, 0.2) is 0 Å². The first-order chi connectivity index (χ1) is 8.71. The van der Waals surface area contributed by atoms with Gasteiger partial charge in [0.2, 0.25) is 5.91 Å². The molecule has 2 saturated carbocycles. The van der Waals surface area contributed by atoms with Crippen molar-refractivity contribution in [1.82, 2.24) is 15.3 Å². The van der Waals surface area contributed by atoms with Crippen LogP contribution in [0.25, 0.3) is 0 Å². The fourth-order valence-corrected chi connectivity index (χ4v) is 3.39. The molecule has 1 amide bonds. The summed E-state index contributed by atoms with van der Waals surface area (Å²) in [5.74, 6) is 0.511. The van der Waals surface area contributed by atoms with E-state index in [0.29, 0.717) is 12.0 Å². The summed E-state index contributed by atoms with van der Waals surface area (Å²) in [5.41, 5.74) is 2.36. The Morgan fingerprint density at radius 1 is 1.50 bits per heavy atom. The Balaban J connectivity index is 1.53. The van der Waals surface area contributed by atoms with Crippen LogP contribution in [0.5, 0.6) is 0 Å². The summed E-state index contributed by atoms with van der Waals surface area (Å²) in [5, 5.41) is 3.04. The Bertz CT molecular complexity index is 446. The second kappa shape index (κ2) is 4.41. The van der Waals surface area contributed by atoms with Crippen molar-refractivity contribution in [2.24, 2.45) is 11.3 Å². The van der Waals surface area contributed by atoms with Gasteiger partial charge in [-0.3, -0.25) is 4.79 Å². The molecule has 1 atom stereocenters. The average molecular weight is 247 g/mol. The van der Waals surface area contributed by atoms with Crippen LogP contribution in [0.1, 0.15) is 49.9 Å². The zero-order valence-electron chi connectivity index (χ0n) is 11.0. The van der Waals surface area contributed by atoms with Gasteiger partial charge in [0.05, 0.1) is 18.6 Å². The van der Waals surface area contributed by atoms with E-state index in [1.807, 2.05) is 6.92 Å². The van der Waals surface area contributed by atoms with Gasteiger partial charge >= 0.3 is 0 Å². The van der Waals surface area contributed by atoms with Crippen LogP contribution in [0.4, 0.5) is 0 Å². The largest absolute Gasteiger partial charge is 0.350 e. The van der Waals surface area contributed by atoms with E-state index in [4.69, 9.17) is 0 Å². The Kier molecular flexibility index (Phi) is 2.88. The SMILES string of the molecule is Cc1[nH]cnc1CNC(=O)[C@@H]1CC12CCCCC2. The smallest absolute Gasteiger partial charge is 0.224 e. The quantitative estimate of drug-likeness (QED) is 0.861. The normalized spacial score (nSPS) is 25.1. The standard InChI is InChI=1S/C14H21N3O/c1-10-12(17-9-16-10)8-15-13(18)11-7-14(11)5-3-2-4-6-14/h9,11H,2-8H2,1H3,(H,15,18)(H,16,17)/t11-/m0/s1. The van der Waals surface area contributed by atoms with Crippen molar-refractivity contribution in [3.8, 4) is 0 Å². The molecule has 0 aromatic carbocycles. The number of hydrogen-bond donors (Lipinski definition) is 2. The van der Waals surface area contributed by atoms with Crippen molar-refractivity contribution in [3.05, 3.63) is 17.7 Å². The van der Waals surface area contributed by atoms with E-state index >= 15 is 0 Å². The Hall–Kier alpha value is -1.32. The molecule has 98 valence electrons. The van der Waals surface area contributed by atoms with Crippen molar-refractivity contribution in [2.45, 2.75) is 52.0 Å². The van der Waals surface area contributed by atoms with Gasteiger partial charge in [-0.2, -0.15) is 0 Å². The van der Waals surface area contributed by atoms with Gasteiger partial charge in [-0.05, 0) is 31.6 Å². The van der Waals surface area contributed by atoms with Gasteiger partial charge < -0.3 is 10.3 Å². The van der Waals surface area contributed by atoms with Crippen LogP contribution in [0.15, 0.2) is 6.33 Å². The molecule has 2 aliphatic carbocycles. The van der Waals surface area contributed by atoms with Crippen LogP contribution in [-0.4, -0.2) is 15.9 Å². The van der Waals surface area contributed by atoms with Gasteiger partial charge in [-0.25, -0.2) is 4.98 Å². The maximum Gasteiger partial charge on any atom is 0.224 e. The van der Waals surface area contributed by atoms with Crippen molar-refractivity contribution >= 4 is 5.91 Å². The molecule has 3 rings (SSSR count). The summed E-state index contributed by atoms with van der Waals surface area (Å²) < 4.78 is 0. The highest BCUT2D eigenvalue weighted by Gasteiger charge is 2.57. The first kappa shape index (κ1) is 11.8. The topological polar surface area (TPSA) is 57.8 Å². The molecular formula is C14H21N3O. The number of aromatic nitrogens is 2. The summed E-state index contributed by atoms with van der Waals surface area (Å²) in [7, 11) is 0. The van der Waals surface area contributed by atoms with E-state index in [2.05, 4.69) is 15.3 Å². The predicted molar refractivity (Wildman–Crippen MR) is 68.8 cm³/mol. The molecule has 1 aromatic heterocycles. The lowest BCUT2D eigenvalue weighted by Gasteiger charge is -2.22. The summed E-state index contributed by atoms with van der Waals surface area (Å²) in [6, 6.07) is 0. The highest BCUT2D eigenvalue weighted by Crippen LogP contribution is 2.61. The fraction of sp³-hybridized carbons (Fsp3) is 0.714. The zero-order chi connectivity index (χ0) is 12.6. The maximum atomic E-state index is 12.1. The van der Waals surface area contributed by atoms with Gasteiger partial charge in [0, 0.05) is 11.6 Å². The van der Waals surface area contributed by atoms with Crippen molar-refractivity contribution in [2.75, 3.05) is 0 Å². The Morgan fingerprint density at radius 3 is 2.94 bits per heavy atom. The molecule has 4 heteroatoms. The van der Waals surface area contributed by atoms with Crippen LogP contribution < -0.4 is 5.32 Å². The van der Waals surface area contributed by atoms with E-state index in [0.717, 1.165) is 17.8 Å². The molecule has 2 aliphatic rings. The first-order valence-electron chi connectivity index (χ1n) is 6.98. The molecule has 1 heterocycles. The highest BCUT2D eigenvalue weighted by atomic mass is 16.2. The number of aromatic amines is 1. The summed E-state index contributed by atoms with van der Waals surface area (Å²) in [6.07, 6.45) is 9.26. The average Bonchev–Trinajstić information content (AvgIpc) is 2.90. The number of amides is 1. The summed E-state index contributed by atoms with van der Waals surface area (Å²) >= 11 is 0. The Labute approximate surface area is 108 Å². The van der Waals surface area contributed by atoms with E-state index < -0.39 is 0 Å². The number of imidazole rings is 1. The van der Waals surface area contributed by atoms with E-state index in [1.165, 1.54) is 32.1 Å². The van der Waals surface area contributed by atoms with Crippen molar-refractivity contribution in [1.29, 1.82) is 0 Å². The molecule has 18 heavy (non-hydrogen) atoms. The molecule has 2 fully saturated rings. The third kappa shape index (κ3) is 2.04. The molecule has 1 aromatic rings. The number of carbonyl (C=O) groups excluding carboxylic acids is 1. The number of hydrogen-bond acceptors (Lipinski definition) is 2. The van der Waals surface area contributed by atoms with E-state index in [1.54, 1.807) is 6.33 Å². The van der Waals surface area contributed by atoms with Gasteiger partial charge in [-0.15, -0.1) is 0 Å². The van der Waals surface area contributed by atoms with Crippen LogP contribution in [0.3, 0.4) is 0 Å². The second-order valence-electron chi connectivity index (χ2n) is 5.87. The monoisotopic (exact) mass is 247 g/mol. The molecule has 4 nitrogen and oxygen atoms in total. The highest BCUT2D eigenvalue weighted by molar-refractivity contribution is 5.82. The third-order valence-electron chi connectivity index (χ3n) is 4.72. The molecule has 0 unspecified atom stereocenters. The number of aryl methyl sites for hydroxylation is 1. The molecule has 0 saturated heterocycles. The number of rotatable bonds is 3. The molecule has 2 N–H and O–H groups in total. The van der Waals surface area contributed by atoms with Crippen molar-refractivity contribution in [3.63, 3.8) is 0 Å².